The molecule has 0 atom stereocenters. The van der Waals surface area contributed by atoms with Gasteiger partial charge in [0.25, 0.3) is 0 Å². The van der Waals surface area contributed by atoms with Gasteiger partial charge >= 0.3 is 0 Å². The van der Waals surface area contributed by atoms with Crippen LogP contribution in [0.3, 0.4) is 0 Å². The van der Waals surface area contributed by atoms with Gasteiger partial charge in [0, 0.05) is 12.8 Å². The van der Waals surface area contributed by atoms with Crippen molar-refractivity contribution in [2.75, 3.05) is 6.61 Å². The van der Waals surface area contributed by atoms with Crippen molar-refractivity contribution >= 4 is 11.6 Å². The Bertz CT molecular complexity index is 227. The second kappa shape index (κ2) is 4.31. The third kappa shape index (κ3) is 2.87. The SMILES string of the molecule is CCOCc1ccnc(Cl)c1. The number of aromatic nitrogens is 1. The summed E-state index contributed by atoms with van der Waals surface area (Å²) in [7, 11) is 0. The van der Waals surface area contributed by atoms with Crippen molar-refractivity contribution in [2.45, 2.75) is 13.5 Å². The predicted molar refractivity (Wildman–Crippen MR) is 44.6 cm³/mol. The van der Waals surface area contributed by atoms with E-state index < -0.39 is 0 Å². The highest BCUT2D eigenvalue weighted by Crippen LogP contribution is 2.07. The van der Waals surface area contributed by atoms with Crippen LogP contribution >= 0.6 is 11.6 Å². The smallest absolute Gasteiger partial charge is 0.129 e. The Balaban J connectivity index is 2.56. The standard InChI is InChI=1S/C8H10ClNO/c1-2-11-6-7-3-4-10-8(9)5-7/h3-5H,2,6H2,1H3. The highest BCUT2D eigenvalue weighted by atomic mass is 35.5. The first-order chi connectivity index (χ1) is 5.33. The molecule has 11 heavy (non-hydrogen) atoms. The monoisotopic (exact) mass is 171 g/mol. The van der Waals surface area contributed by atoms with E-state index >= 15 is 0 Å². The van der Waals surface area contributed by atoms with Crippen molar-refractivity contribution < 1.29 is 4.74 Å². The molecule has 2 nitrogen and oxygen atoms in total. The van der Waals surface area contributed by atoms with E-state index in [0.717, 1.165) is 12.2 Å². The summed E-state index contributed by atoms with van der Waals surface area (Å²) in [4.78, 5) is 3.86. The number of nitrogens with zero attached hydrogens (tertiary/aromatic N) is 1. The lowest BCUT2D eigenvalue weighted by molar-refractivity contribution is 0.134. The second-order valence-electron chi connectivity index (χ2n) is 2.12. The fraction of sp³-hybridized carbons (Fsp3) is 0.375. The minimum absolute atomic E-state index is 0.516. The molecule has 1 aromatic heterocycles. The second-order valence-corrected chi connectivity index (χ2v) is 2.51. The normalized spacial score (nSPS) is 10.0. The van der Waals surface area contributed by atoms with Gasteiger partial charge in [-0.15, -0.1) is 0 Å². The summed E-state index contributed by atoms with van der Waals surface area (Å²) in [5.41, 5.74) is 1.06. The molecule has 60 valence electrons. The summed E-state index contributed by atoms with van der Waals surface area (Å²) in [6.45, 7) is 3.29. The van der Waals surface area contributed by atoms with Crippen molar-refractivity contribution in [1.29, 1.82) is 0 Å². The summed E-state index contributed by atoms with van der Waals surface area (Å²) in [6, 6.07) is 3.69. The quantitative estimate of drug-likeness (QED) is 0.651. The third-order valence-corrected chi connectivity index (χ3v) is 1.47. The van der Waals surface area contributed by atoms with E-state index in [2.05, 4.69) is 4.98 Å². The summed E-state index contributed by atoms with van der Waals surface area (Å²) in [6.07, 6.45) is 1.68. The first kappa shape index (κ1) is 8.50. The molecule has 0 radical (unpaired) electrons. The molecule has 0 aliphatic rings. The number of hydrogen-bond donors (Lipinski definition) is 0. The maximum Gasteiger partial charge on any atom is 0.129 e. The van der Waals surface area contributed by atoms with Gasteiger partial charge in [-0.2, -0.15) is 0 Å². The first-order valence-corrected chi connectivity index (χ1v) is 3.89. The summed E-state index contributed by atoms with van der Waals surface area (Å²) in [5, 5.41) is 0.516. The highest BCUT2D eigenvalue weighted by Gasteiger charge is 1.93. The van der Waals surface area contributed by atoms with Crippen molar-refractivity contribution in [3.05, 3.63) is 29.0 Å². The van der Waals surface area contributed by atoms with Crippen LogP contribution in [0.1, 0.15) is 12.5 Å². The average Bonchev–Trinajstić information content (AvgIpc) is 2.01. The number of ether oxygens (including phenoxy) is 1. The molecule has 0 aliphatic heterocycles. The molecule has 0 spiro atoms. The van der Waals surface area contributed by atoms with Gasteiger partial charge in [-0.25, -0.2) is 4.98 Å². The molecule has 1 rings (SSSR count). The first-order valence-electron chi connectivity index (χ1n) is 3.51. The Hall–Kier alpha value is -0.600. The van der Waals surface area contributed by atoms with Gasteiger partial charge in [-0.1, -0.05) is 11.6 Å². The van der Waals surface area contributed by atoms with Crippen LogP contribution in [-0.2, 0) is 11.3 Å². The number of halogens is 1. The summed E-state index contributed by atoms with van der Waals surface area (Å²) in [5.74, 6) is 0. The zero-order valence-electron chi connectivity index (χ0n) is 6.38. The Kier molecular flexibility index (Phi) is 3.33. The van der Waals surface area contributed by atoms with E-state index in [1.807, 2.05) is 13.0 Å². The Morgan fingerprint density at radius 2 is 2.45 bits per heavy atom. The topological polar surface area (TPSA) is 22.1 Å². The van der Waals surface area contributed by atoms with Gasteiger partial charge < -0.3 is 4.74 Å². The lowest BCUT2D eigenvalue weighted by atomic mass is 10.3. The van der Waals surface area contributed by atoms with Gasteiger partial charge in [0.15, 0.2) is 0 Å². The molecule has 0 saturated heterocycles. The minimum atomic E-state index is 0.516. The molecule has 0 aromatic carbocycles. The van der Waals surface area contributed by atoms with E-state index in [1.165, 1.54) is 0 Å². The molecule has 0 aliphatic carbocycles. The van der Waals surface area contributed by atoms with Crippen molar-refractivity contribution in [3.63, 3.8) is 0 Å². The molecule has 0 bridgehead atoms. The number of pyridine rings is 1. The molecule has 0 unspecified atom stereocenters. The Morgan fingerprint density at radius 3 is 3.09 bits per heavy atom. The lowest BCUT2D eigenvalue weighted by Gasteiger charge is -2.00. The molecule has 1 heterocycles. The Labute approximate surface area is 71.2 Å². The number of rotatable bonds is 3. The van der Waals surface area contributed by atoms with E-state index in [0.29, 0.717) is 11.8 Å². The van der Waals surface area contributed by atoms with Crippen LogP contribution in [0.5, 0.6) is 0 Å². The third-order valence-electron chi connectivity index (χ3n) is 1.26. The molecule has 0 fully saturated rings. The van der Waals surface area contributed by atoms with Crippen LogP contribution in [0.4, 0.5) is 0 Å². The molecule has 3 heteroatoms. The molecule has 0 saturated carbocycles. The Morgan fingerprint density at radius 1 is 1.64 bits per heavy atom. The van der Waals surface area contributed by atoms with Gasteiger partial charge in [0.1, 0.15) is 5.15 Å². The molecular formula is C8H10ClNO. The van der Waals surface area contributed by atoms with Crippen LogP contribution in [0.2, 0.25) is 5.15 Å². The van der Waals surface area contributed by atoms with Gasteiger partial charge in [0.2, 0.25) is 0 Å². The predicted octanol–water partition coefficient (Wildman–Crippen LogP) is 2.27. The minimum Gasteiger partial charge on any atom is -0.377 e. The van der Waals surface area contributed by atoms with Crippen LogP contribution in [-0.4, -0.2) is 11.6 Å². The van der Waals surface area contributed by atoms with E-state index in [1.54, 1.807) is 12.3 Å². The van der Waals surface area contributed by atoms with Gasteiger partial charge in [-0.05, 0) is 24.6 Å². The molecule has 0 N–H and O–H groups in total. The van der Waals surface area contributed by atoms with Crippen LogP contribution in [0, 0.1) is 0 Å². The van der Waals surface area contributed by atoms with E-state index in [9.17, 15) is 0 Å². The molecular weight excluding hydrogens is 162 g/mol. The maximum atomic E-state index is 5.66. The molecule has 0 amide bonds. The van der Waals surface area contributed by atoms with E-state index in [4.69, 9.17) is 16.3 Å². The maximum absolute atomic E-state index is 5.66. The summed E-state index contributed by atoms with van der Waals surface area (Å²) < 4.78 is 5.19. The van der Waals surface area contributed by atoms with Crippen molar-refractivity contribution in [3.8, 4) is 0 Å². The zero-order valence-corrected chi connectivity index (χ0v) is 7.14. The van der Waals surface area contributed by atoms with Crippen molar-refractivity contribution in [2.24, 2.45) is 0 Å². The fourth-order valence-electron chi connectivity index (χ4n) is 0.752. The average molecular weight is 172 g/mol. The van der Waals surface area contributed by atoms with Gasteiger partial charge in [0.05, 0.1) is 6.61 Å². The van der Waals surface area contributed by atoms with E-state index in [-0.39, 0.29) is 0 Å². The number of hydrogen-bond acceptors (Lipinski definition) is 2. The fourth-order valence-corrected chi connectivity index (χ4v) is 0.949. The van der Waals surface area contributed by atoms with Crippen LogP contribution in [0.15, 0.2) is 18.3 Å². The van der Waals surface area contributed by atoms with Crippen LogP contribution in [0.25, 0.3) is 0 Å². The van der Waals surface area contributed by atoms with Gasteiger partial charge in [-0.3, -0.25) is 0 Å². The van der Waals surface area contributed by atoms with Crippen molar-refractivity contribution in [1.82, 2.24) is 4.98 Å². The lowest BCUT2D eigenvalue weighted by Crippen LogP contribution is -1.91. The summed E-state index contributed by atoms with van der Waals surface area (Å²) >= 11 is 5.66. The zero-order chi connectivity index (χ0) is 8.10. The molecule has 1 aromatic rings. The van der Waals surface area contributed by atoms with Crippen LogP contribution < -0.4 is 0 Å². The highest BCUT2D eigenvalue weighted by molar-refractivity contribution is 6.29. The largest absolute Gasteiger partial charge is 0.377 e.